The number of nitrogens with zero attached hydrogens (tertiary/aromatic N) is 3. The van der Waals surface area contributed by atoms with Crippen LogP contribution in [-0.4, -0.2) is 16.8 Å². The summed E-state index contributed by atoms with van der Waals surface area (Å²) < 4.78 is 3.96. The van der Waals surface area contributed by atoms with Crippen LogP contribution in [0, 0.1) is 11.3 Å². The van der Waals surface area contributed by atoms with Gasteiger partial charge in [-0.3, -0.25) is 4.79 Å². The van der Waals surface area contributed by atoms with Gasteiger partial charge >= 0.3 is 0 Å². The molecule has 0 saturated heterocycles. The van der Waals surface area contributed by atoms with E-state index in [2.05, 4.69) is 9.69 Å². The quantitative estimate of drug-likeness (QED) is 0.922. The molecule has 2 heterocycles. The molecule has 106 valence electrons. The molecule has 0 spiro atoms. The van der Waals surface area contributed by atoms with Gasteiger partial charge in [0.15, 0.2) is 5.15 Å². The number of halogens is 1. The molecule has 7 heteroatoms. The largest absolute Gasteiger partial charge is 0.345 e. The van der Waals surface area contributed by atoms with Crippen molar-refractivity contribution < 1.29 is 4.79 Å². The Labute approximate surface area is 130 Å². The normalized spacial score (nSPS) is 12.9. The number of hydrogen-bond donors (Lipinski definition) is 1. The molecule has 0 unspecified atom stereocenters. The molecular weight excluding hydrogens is 308 g/mol. The van der Waals surface area contributed by atoms with Crippen LogP contribution >= 0.6 is 23.1 Å². The second kappa shape index (κ2) is 5.35. The van der Waals surface area contributed by atoms with Crippen LogP contribution in [0.1, 0.15) is 18.1 Å². The minimum Gasteiger partial charge on any atom is -0.345 e. The van der Waals surface area contributed by atoms with Crippen molar-refractivity contribution in [3.63, 3.8) is 0 Å². The highest BCUT2D eigenvalue weighted by Gasteiger charge is 2.22. The Bertz CT molecular complexity index is 765. The van der Waals surface area contributed by atoms with Gasteiger partial charge in [0.05, 0.1) is 0 Å². The molecule has 0 fully saturated rings. The third kappa shape index (κ3) is 2.46. The maximum absolute atomic E-state index is 11.5. The smallest absolute Gasteiger partial charge is 0.223 e. The van der Waals surface area contributed by atoms with Crippen molar-refractivity contribution in [2.75, 3.05) is 16.8 Å². The first kappa shape index (κ1) is 13.9. The van der Waals surface area contributed by atoms with E-state index in [1.54, 1.807) is 11.8 Å². The average molecular weight is 319 g/mol. The first-order valence-corrected chi connectivity index (χ1v) is 7.48. The SMILES string of the molecule is CC(=O)N1CCc2cc(Nc3snc(Cl)c3C#N)ccc21. The van der Waals surface area contributed by atoms with E-state index < -0.39 is 0 Å². The van der Waals surface area contributed by atoms with Crippen molar-refractivity contribution in [2.24, 2.45) is 0 Å². The number of rotatable bonds is 2. The Morgan fingerprint density at radius 1 is 1.57 bits per heavy atom. The predicted molar refractivity (Wildman–Crippen MR) is 83.3 cm³/mol. The van der Waals surface area contributed by atoms with Crippen molar-refractivity contribution >= 4 is 45.4 Å². The number of benzene rings is 1. The van der Waals surface area contributed by atoms with Crippen LogP contribution in [0.3, 0.4) is 0 Å². The minimum absolute atomic E-state index is 0.0514. The molecule has 1 aromatic heterocycles. The van der Waals surface area contributed by atoms with Gasteiger partial charge in [0.25, 0.3) is 0 Å². The molecule has 1 N–H and O–H groups in total. The highest BCUT2D eigenvalue weighted by atomic mass is 35.5. The third-order valence-electron chi connectivity index (χ3n) is 3.38. The van der Waals surface area contributed by atoms with Gasteiger partial charge in [0.1, 0.15) is 16.6 Å². The van der Waals surface area contributed by atoms with Crippen molar-refractivity contribution in [3.05, 3.63) is 34.5 Å². The van der Waals surface area contributed by atoms with E-state index in [-0.39, 0.29) is 11.1 Å². The zero-order valence-corrected chi connectivity index (χ0v) is 12.8. The Kier molecular flexibility index (Phi) is 3.53. The molecule has 0 bridgehead atoms. The van der Waals surface area contributed by atoms with Gasteiger partial charge in [-0.15, -0.1) is 0 Å². The molecule has 21 heavy (non-hydrogen) atoms. The van der Waals surface area contributed by atoms with Crippen molar-refractivity contribution in [1.82, 2.24) is 4.37 Å². The van der Waals surface area contributed by atoms with Gasteiger partial charge in [-0.05, 0) is 41.7 Å². The van der Waals surface area contributed by atoms with Crippen LogP contribution in [0.2, 0.25) is 5.15 Å². The summed E-state index contributed by atoms with van der Waals surface area (Å²) in [6, 6.07) is 7.83. The fourth-order valence-electron chi connectivity index (χ4n) is 2.39. The lowest BCUT2D eigenvalue weighted by molar-refractivity contribution is -0.116. The summed E-state index contributed by atoms with van der Waals surface area (Å²) in [5.74, 6) is 0.0514. The number of carbonyl (C=O) groups is 1. The van der Waals surface area contributed by atoms with E-state index >= 15 is 0 Å². The van der Waals surface area contributed by atoms with Crippen LogP contribution in [0.4, 0.5) is 16.4 Å². The fraction of sp³-hybridized carbons (Fsp3) is 0.214. The van der Waals surface area contributed by atoms with Crippen LogP contribution in [0.15, 0.2) is 18.2 Å². The highest BCUT2D eigenvalue weighted by Crippen LogP contribution is 2.34. The van der Waals surface area contributed by atoms with Crippen LogP contribution in [-0.2, 0) is 11.2 Å². The lowest BCUT2D eigenvalue weighted by Crippen LogP contribution is -2.25. The van der Waals surface area contributed by atoms with Gasteiger partial charge in [-0.25, -0.2) is 0 Å². The zero-order valence-electron chi connectivity index (χ0n) is 11.2. The maximum atomic E-state index is 11.5. The van der Waals surface area contributed by atoms with Gasteiger partial charge in [-0.2, -0.15) is 9.64 Å². The maximum Gasteiger partial charge on any atom is 0.223 e. The summed E-state index contributed by atoms with van der Waals surface area (Å²) in [6.45, 7) is 2.28. The molecule has 3 rings (SSSR count). The van der Waals surface area contributed by atoms with Gasteiger partial charge < -0.3 is 10.2 Å². The van der Waals surface area contributed by atoms with E-state index in [1.807, 2.05) is 24.3 Å². The lowest BCUT2D eigenvalue weighted by atomic mass is 10.1. The summed E-state index contributed by atoms with van der Waals surface area (Å²) >= 11 is 7.01. The molecule has 0 saturated carbocycles. The summed E-state index contributed by atoms with van der Waals surface area (Å²) in [7, 11) is 0. The number of fused-ring (bicyclic) bond motifs is 1. The highest BCUT2D eigenvalue weighted by molar-refractivity contribution is 7.11. The molecule has 1 aromatic carbocycles. The summed E-state index contributed by atoms with van der Waals surface area (Å²) in [4.78, 5) is 13.3. The Balaban J connectivity index is 1.89. The molecule has 0 radical (unpaired) electrons. The van der Waals surface area contributed by atoms with E-state index in [9.17, 15) is 4.79 Å². The number of anilines is 3. The number of hydrogen-bond acceptors (Lipinski definition) is 5. The fourth-order valence-corrected chi connectivity index (χ4v) is 3.35. The van der Waals surface area contributed by atoms with E-state index in [0.717, 1.165) is 34.9 Å². The molecule has 0 atom stereocenters. The van der Waals surface area contributed by atoms with Gasteiger partial charge in [-0.1, -0.05) is 11.6 Å². The van der Waals surface area contributed by atoms with Gasteiger partial charge in [0.2, 0.25) is 5.91 Å². The van der Waals surface area contributed by atoms with E-state index in [1.165, 1.54) is 0 Å². The second-order valence-electron chi connectivity index (χ2n) is 4.68. The predicted octanol–water partition coefficient (Wildman–Crippen LogP) is 3.32. The summed E-state index contributed by atoms with van der Waals surface area (Å²) in [5.41, 5.74) is 3.28. The first-order valence-electron chi connectivity index (χ1n) is 6.33. The second-order valence-corrected chi connectivity index (χ2v) is 5.81. The molecule has 5 nitrogen and oxygen atoms in total. The van der Waals surface area contributed by atoms with Crippen molar-refractivity contribution in [1.29, 1.82) is 5.26 Å². The van der Waals surface area contributed by atoms with Crippen molar-refractivity contribution in [3.8, 4) is 6.07 Å². The average Bonchev–Trinajstić information content (AvgIpc) is 3.02. The molecule has 1 aliphatic heterocycles. The Morgan fingerprint density at radius 2 is 2.38 bits per heavy atom. The Hall–Kier alpha value is -2.10. The number of aromatic nitrogens is 1. The number of nitriles is 1. The number of amides is 1. The zero-order chi connectivity index (χ0) is 15.0. The standard InChI is InChI=1S/C14H11ClN4OS/c1-8(20)19-5-4-9-6-10(2-3-12(9)19)17-14-11(7-16)13(15)18-21-14/h2-3,6,17H,4-5H2,1H3. The first-order chi connectivity index (χ1) is 10.1. The summed E-state index contributed by atoms with van der Waals surface area (Å²) in [6.07, 6.45) is 0.832. The van der Waals surface area contributed by atoms with Crippen LogP contribution in [0.25, 0.3) is 0 Å². The van der Waals surface area contributed by atoms with Crippen LogP contribution < -0.4 is 10.2 Å². The summed E-state index contributed by atoms with van der Waals surface area (Å²) in [5, 5.41) is 13.1. The molecule has 1 aliphatic rings. The van der Waals surface area contributed by atoms with Crippen molar-refractivity contribution in [2.45, 2.75) is 13.3 Å². The molecular formula is C14H11ClN4OS. The van der Waals surface area contributed by atoms with Gasteiger partial charge in [0, 0.05) is 24.8 Å². The number of carbonyl (C=O) groups excluding carboxylic acids is 1. The minimum atomic E-state index is 0.0514. The van der Waals surface area contributed by atoms with E-state index in [0.29, 0.717) is 17.1 Å². The third-order valence-corrected chi connectivity index (χ3v) is 4.51. The van der Waals surface area contributed by atoms with E-state index in [4.69, 9.17) is 16.9 Å². The number of nitrogens with one attached hydrogen (secondary N) is 1. The lowest BCUT2D eigenvalue weighted by Gasteiger charge is -2.15. The topological polar surface area (TPSA) is 69.0 Å². The molecule has 1 amide bonds. The van der Waals surface area contributed by atoms with Crippen LogP contribution in [0.5, 0.6) is 0 Å². The monoisotopic (exact) mass is 318 g/mol. The molecule has 2 aromatic rings. The molecule has 0 aliphatic carbocycles. The Morgan fingerprint density at radius 3 is 3.10 bits per heavy atom.